The van der Waals surface area contributed by atoms with Crippen molar-refractivity contribution in [1.82, 2.24) is 0 Å². The first-order chi connectivity index (χ1) is 8.45. The molecule has 0 aromatic heterocycles. The van der Waals surface area contributed by atoms with Crippen LogP contribution in [0.4, 0.5) is 0 Å². The van der Waals surface area contributed by atoms with E-state index in [9.17, 15) is 13.0 Å². The van der Waals surface area contributed by atoms with Gasteiger partial charge in [0.05, 0.1) is 4.90 Å². The Morgan fingerprint density at radius 1 is 1.05 bits per heavy atom. The second kappa shape index (κ2) is 6.80. The van der Waals surface area contributed by atoms with Crippen molar-refractivity contribution in [3.05, 3.63) is 41.5 Å². The Morgan fingerprint density at radius 2 is 1.74 bits per heavy atom. The summed E-state index contributed by atoms with van der Waals surface area (Å²) in [6, 6.07) is 8.85. The van der Waals surface area contributed by atoms with Crippen LogP contribution in [0.5, 0.6) is 0 Å². The van der Waals surface area contributed by atoms with Crippen LogP contribution in [0.1, 0.15) is 25.0 Å². The van der Waals surface area contributed by atoms with Crippen molar-refractivity contribution in [3.63, 3.8) is 0 Å². The van der Waals surface area contributed by atoms with Crippen molar-refractivity contribution in [3.8, 4) is 0 Å². The Bertz CT molecular complexity index is 693. The van der Waals surface area contributed by atoms with Crippen LogP contribution in [0.3, 0.4) is 0 Å². The predicted molar refractivity (Wildman–Crippen MR) is 70.7 cm³/mol. The number of hydrogen-bond donors (Lipinski definition) is 0. The summed E-state index contributed by atoms with van der Waals surface area (Å²) in [4.78, 5) is -0.143. The number of rotatable bonds is 3. The van der Waals surface area contributed by atoms with E-state index in [4.69, 9.17) is 0 Å². The zero-order chi connectivity index (χ0) is 13.3. The average Bonchev–Trinajstić information content (AvgIpc) is 2.35. The fraction of sp³-hybridized carbons (Fsp3) is 0.286. The van der Waals surface area contributed by atoms with Crippen molar-refractivity contribution in [2.24, 2.45) is 0 Å². The third kappa shape index (κ3) is 3.88. The van der Waals surface area contributed by atoms with Gasteiger partial charge in [0.15, 0.2) is 0 Å². The summed E-state index contributed by atoms with van der Waals surface area (Å²) in [5, 5.41) is 1.84. The van der Waals surface area contributed by atoms with E-state index in [1.807, 2.05) is 19.1 Å². The molecule has 0 bridgehead atoms. The number of benzene rings is 2. The molecular weight excluding hydrogens is 287 g/mol. The molecule has 0 spiro atoms. The summed E-state index contributed by atoms with van der Waals surface area (Å²) in [7, 11) is -4.39. The maximum atomic E-state index is 11.1. The van der Waals surface area contributed by atoms with Crippen LogP contribution in [0.2, 0.25) is 0 Å². The van der Waals surface area contributed by atoms with Crippen LogP contribution in [0.15, 0.2) is 35.2 Å². The Labute approximate surface area is 156 Å². The first kappa shape index (κ1) is 17.3. The van der Waals surface area contributed by atoms with Crippen LogP contribution in [-0.4, -0.2) is 13.0 Å². The normalized spacial score (nSPS) is 11.3. The molecule has 0 aliphatic rings. The molecule has 2 aromatic carbocycles. The van der Waals surface area contributed by atoms with Crippen molar-refractivity contribution in [2.45, 2.75) is 31.6 Å². The van der Waals surface area contributed by atoms with Crippen LogP contribution in [0.25, 0.3) is 10.8 Å². The quantitative estimate of drug-likeness (QED) is 0.586. The monoisotopic (exact) mass is 302 g/mol. The number of aryl methyl sites for hydroxylation is 2. The summed E-state index contributed by atoms with van der Waals surface area (Å²) in [5.41, 5.74) is 2.10. The van der Waals surface area contributed by atoms with Gasteiger partial charge in [-0.2, -0.15) is 0 Å². The van der Waals surface area contributed by atoms with Gasteiger partial charge in [0.2, 0.25) is 0 Å². The minimum absolute atomic E-state index is 0. The van der Waals surface area contributed by atoms with E-state index in [-0.39, 0.29) is 56.3 Å². The molecule has 0 aliphatic carbocycles. The third-order valence-electron chi connectivity index (χ3n) is 3.16. The molecule has 5 heteroatoms. The van der Waals surface area contributed by atoms with Gasteiger partial charge < -0.3 is 4.55 Å². The van der Waals surface area contributed by atoms with Gasteiger partial charge in [0.25, 0.3) is 0 Å². The second-order valence-electron chi connectivity index (χ2n) is 4.30. The fourth-order valence-electron chi connectivity index (χ4n) is 2.11. The summed E-state index contributed by atoms with van der Waals surface area (Å²) in [5.74, 6) is 0. The van der Waals surface area contributed by atoms with Crippen LogP contribution in [0, 0.1) is 0 Å². The number of fused-ring (bicyclic) bond motifs is 1. The Hall–Kier alpha value is 0.246. The minimum Gasteiger partial charge on any atom is -0.744 e. The van der Waals surface area contributed by atoms with Gasteiger partial charge in [-0.25, -0.2) is 8.42 Å². The molecule has 0 heterocycles. The van der Waals surface area contributed by atoms with Gasteiger partial charge in [-0.15, -0.1) is 0 Å². The molecule has 0 unspecified atom stereocenters. The number of hydrogen-bond acceptors (Lipinski definition) is 3. The summed E-state index contributed by atoms with van der Waals surface area (Å²) in [6.07, 6.45) is 1.63. The molecule has 0 radical (unpaired) electrons. The molecule has 0 aliphatic heterocycles. The third-order valence-corrected chi connectivity index (χ3v) is 3.97. The average molecular weight is 302 g/mol. The smallest absolute Gasteiger partial charge is 0.744 e. The molecule has 2 aromatic rings. The second-order valence-corrected chi connectivity index (χ2v) is 5.68. The first-order valence-electron chi connectivity index (χ1n) is 5.97. The predicted octanol–water partition coefficient (Wildman–Crippen LogP) is -0.127. The molecule has 0 saturated carbocycles. The van der Waals surface area contributed by atoms with Gasteiger partial charge in [-0.05, 0) is 46.9 Å². The molecule has 19 heavy (non-hydrogen) atoms. The molecule has 0 amide bonds. The van der Waals surface area contributed by atoms with E-state index in [0.29, 0.717) is 6.42 Å². The van der Waals surface area contributed by atoms with E-state index in [1.165, 1.54) is 17.7 Å². The van der Waals surface area contributed by atoms with Gasteiger partial charge in [-0.1, -0.05) is 32.0 Å². The molecule has 3 nitrogen and oxygen atoms in total. The maximum absolute atomic E-state index is 11.1. The SMILES string of the molecule is CCc1ccc2cc(S(=O)(=O)[O-])cc(CC)c2c1.[K+]. The Balaban J connectivity index is 0.00000180. The topological polar surface area (TPSA) is 57.2 Å². The molecule has 0 N–H and O–H groups in total. The van der Waals surface area contributed by atoms with Gasteiger partial charge in [0, 0.05) is 0 Å². The molecule has 0 saturated heterocycles. The van der Waals surface area contributed by atoms with E-state index < -0.39 is 10.1 Å². The van der Waals surface area contributed by atoms with Crippen molar-refractivity contribution in [1.29, 1.82) is 0 Å². The molecular formula is C14H15KO3S. The molecule has 0 atom stereocenters. The van der Waals surface area contributed by atoms with Crippen molar-refractivity contribution in [2.75, 3.05) is 0 Å². The van der Waals surface area contributed by atoms with E-state index in [1.54, 1.807) is 0 Å². The standard InChI is InChI=1S/C14H16O3S.K/c1-3-10-5-6-12-9-13(18(15,16)17)8-11(4-2)14(12)7-10;/h5-9H,3-4H2,1-2H3,(H,15,16,17);/q;+1/p-1. The minimum atomic E-state index is -4.39. The summed E-state index contributed by atoms with van der Waals surface area (Å²) >= 11 is 0. The molecule has 96 valence electrons. The Kier molecular flexibility index (Phi) is 6.19. The molecule has 2 rings (SSSR count). The van der Waals surface area contributed by atoms with E-state index >= 15 is 0 Å². The molecule has 0 fully saturated rings. The largest absolute Gasteiger partial charge is 1.00 e. The van der Waals surface area contributed by atoms with Gasteiger partial charge in [0.1, 0.15) is 10.1 Å². The fourth-order valence-corrected chi connectivity index (χ4v) is 2.67. The Morgan fingerprint density at radius 3 is 2.26 bits per heavy atom. The first-order valence-corrected chi connectivity index (χ1v) is 7.38. The van der Waals surface area contributed by atoms with Crippen LogP contribution < -0.4 is 51.4 Å². The summed E-state index contributed by atoms with van der Waals surface area (Å²) < 4.78 is 33.3. The van der Waals surface area contributed by atoms with Gasteiger partial charge >= 0.3 is 51.4 Å². The van der Waals surface area contributed by atoms with E-state index in [2.05, 4.69) is 13.0 Å². The van der Waals surface area contributed by atoms with E-state index in [0.717, 1.165) is 22.8 Å². The zero-order valence-corrected chi connectivity index (χ0v) is 15.4. The van der Waals surface area contributed by atoms with Gasteiger partial charge in [-0.3, -0.25) is 0 Å². The zero-order valence-electron chi connectivity index (χ0n) is 11.4. The van der Waals surface area contributed by atoms with Crippen molar-refractivity contribution >= 4 is 20.9 Å². The maximum Gasteiger partial charge on any atom is 1.00 e. The van der Waals surface area contributed by atoms with Crippen molar-refractivity contribution < 1.29 is 64.4 Å². The van der Waals surface area contributed by atoms with Crippen LogP contribution >= 0.6 is 0 Å². The van der Waals surface area contributed by atoms with Crippen LogP contribution in [-0.2, 0) is 23.0 Å². The summed E-state index contributed by atoms with van der Waals surface area (Å²) in [6.45, 7) is 4.03.